The minimum Gasteiger partial charge on any atom is -0.342 e. The maximum Gasteiger partial charge on any atom is 0.244 e. The van der Waals surface area contributed by atoms with Gasteiger partial charge < -0.3 is 9.80 Å². The number of aromatic nitrogens is 2. The van der Waals surface area contributed by atoms with Gasteiger partial charge in [-0.05, 0) is 51.2 Å². The van der Waals surface area contributed by atoms with E-state index in [1.807, 2.05) is 42.8 Å². The Kier molecular flexibility index (Phi) is 5.19. The van der Waals surface area contributed by atoms with Gasteiger partial charge >= 0.3 is 0 Å². The Morgan fingerprint density at radius 2 is 1.86 bits per heavy atom. The number of likely N-dealkylation sites (tertiary alicyclic amines) is 2. The third kappa shape index (κ3) is 3.80. The van der Waals surface area contributed by atoms with Gasteiger partial charge in [0, 0.05) is 31.9 Å². The number of rotatable bonds is 4. The molecule has 3 heterocycles. The van der Waals surface area contributed by atoms with Crippen LogP contribution in [0.3, 0.4) is 0 Å². The highest BCUT2D eigenvalue weighted by atomic mass is 16.2. The molecule has 1 spiro atoms. The molecule has 2 aromatic rings. The van der Waals surface area contributed by atoms with Gasteiger partial charge in [-0.2, -0.15) is 5.10 Å². The summed E-state index contributed by atoms with van der Waals surface area (Å²) in [6, 6.07) is 12.6. The van der Waals surface area contributed by atoms with Crippen molar-refractivity contribution in [2.75, 3.05) is 20.1 Å². The molecule has 0 saturated carbocycles. The van der Waals surface area contributed by atoms with Crippen molar-refractivity contribution < 1.29 is 9.59 Å². The van der Waals surface area contributed by atoms with E-state index in [9.17, 15) is 9.59 Å². The normalized spacial score (nSPS) is 21.2. The van der Waals surface area contributed by atoms with Crippen molar-refractivity contribution in [2.45, 2.75) is 52.1 Å². The fourth-order valence-electron chi connectivity index (χ4n) is 4.98. The van der Waals surface area contributed by atoms with E-state index in [2.05, 4.69) is 29.4 Å². The molecule has 0 N–H and O–H groups in total. The number of aryl methyl sites for hydroxylation is 2. The quantitative estimate of drug-likeness (QED) is 0.801. The number of piperidine rings is 1. The van der Waals surface area contributed by atoms with E-state index < -0.39 is 0 Å². The van der Waals surface area contributed by atoms with Gasteiger partial charge in [0.2, 0.25) is 11.8 Å². The summed E-state index contributed by atoms with van der Waals surface area (Å²) >= 11 is 0. The highest BCUT2D eigenvalue weighted by Gasteiger charge is 2.51. The summed E-state index contributed by atoms with van der Waals surface area (Å²) in [5.74, 6) is 0.342. The van der Waals surface area contributed by atoms with Crippen LogP contribution in [-0.4, -0.2) is 57.6 Å². The second-order valence-corrected chi connectivity index (χ2v) is 8.71. The standard InChI is InChI=1S/C23H30N4O2/c1-17-13-18(2)27(24-17)16-21(28)26-11-9-23(10-12-26)15-20(25(3)22(23)29)14-19-7-5-4-6-8-19/h4-8,13,20H,9-12,14-16H2,1-3H3. The lowest BCUT2D eigenvalue weighted by Crippen LogP contribution is -2.47. The van der Waals surface area contributed by atoms with E-state index in [0.29, 0.717) is 13.1 Å². The lowest BCUT2D eigenvalue weighted by atomic mass is 9.75. The van der Waals surface area contributed by atoms with Crippen LogP contribution in [0.5, 0.6) is 0 Å². The zero-order chi connectivity index (χ0) is 20.6. The van der Waals surface area contributed by atoms with E-state index in [1.165, 1.54) is 5.56 Å². The predicted octanol–water partition coefficient (Wildman–Crippen LogP) is 2.58. The zero-order valence-corrected chi connectivity index (χ0v) is 17.6. The Hall–Kier alpha value is -2.63. The molecule has 0 aliphatic carbocycles. The summed E-state index contributed by atoms with van der Waals surface area (Å²) in [5, 5.41) is 4.40. The molecule has 2 fully saturated rings. The van der Waals surface area contributed by atoms with Crippen LogP contribution in [0.25, 0.3) is 0 Å². The molecule has 4 rings (SSSR count). The Morgan fingerprint density at radius 3 is 2.48 bits per heavy atom. The van der Waals surface area contributed by atoms with Crippen LogP contribution in [0.2, 0.25) is 0 Å². The number of nitrogens with zero attached hydrogens (tertiary/aromatic N) is 4. The fourth-order valence-corrected chi connectivity index (χ4v) is 4.98. The molecular formula is C23H30N4O2. The molecule has 1 aromatic carbocycles. The molecule has 2 aliphatic heterocycles. The van der Waals surface area contributed by atoms with Gasteiger partial charge in [0.25, 0.3) is 0 Å². The van der Waals surface area contributed by atoms with Crippen LogP contribution in [-0.2, 0) is 22.6 Å². The summed E-state index contributed by atoms with van der Waals surface area (Å²) in [5.41, 5.74) is 2.90. The minimum absolute atomic E-state index is 0.0886. The molecule has 2 amide bonds. The van der Waals surface area contributed by atoms with Gasteiger partial charge in [0.1, 0.15) is 6.54 Å². The maximum absolute atomic E-state index is 13.1. The van der Waals surface area contributed by atoms with Gasteiger partial charge in [0.15, 0.2) is 0 Å². The van der Waals surface area contributed by atoms with Crippen molar-refractivity contribution in [3.05, 3.63) is 53.3 Å². The van der Waals surface area contributed by atoms with Crippen molar-refractivity contribution in [3.8, 4) is 0 Å². The molecule has 0 radical (unpaired) electrons. The summed E-state index contributed by atoms with van der Waals surface area (Å²) in [6.45, 7) is 5.48. The van der Waals surface area contributed by atoms with Gasteiger partial charge in [-0.25, -0.2) is 0 Å². The molecule has 6 heteroatoms. The van der Waals surface area contributed by atoms with E-state index in [1.54, 1.807) is 4.68 Å². The Balaban J connectivity index is 1.38. The number of hydrogen-bond donors (Lipinski definition) is 0. The molecule has 2 aliphatic rings. The van der Waals surface area contributed by atoms with Gasteiger partial charge in [-0.3, -0.25) is 14.3 Å². The Bertz CT molecular complexity index is 897. The summed E-state index contributed by atoms with van der Waals surface area (Å²) in [7, 11) is 1.94. The lowest BCUT2D eigenvalue weighted by molar-refractivity contribution is -0.142. The van der Waals surface area contributed by atoms with Crippen LogP contribution in [0.15, 0.2) is 36.4 Å². The van der Waals surface area contributed by atoms with Crippen molar-refractivity contribution in [1.29, 1.82) is 0 Å². The van der Waals surface area contributed by atoms with Crippen molar-refractivity contribution in [2.24, 2.45) is 5.41 Å². The van der Waals surface area contributed by atoms with E-state index in [0.717, 1.165) is 37.1 Å². The maximum atomic E-state index is 13.1. The topological polar surface area (TPSA) is 58.4 Å². The van der Waals surface area contributed by atoms with Crippen LogP contribution >= 0.6 is 0 Å². The monoisotopic (exact) mass is 394 g/mol. The molecule has 2 saturated heterocycles. The second-order valence-electron chi connectivity index (χ2n) is 8.71. The number of hydrogen-bond acceptors (Lipinski definition) is 3. The van der Waals surface area contributed by atoms with Crippen molar-refractivity contribution >= 4 is 11.8 Å². The Labute approximate surface area is 172 Å². The summed E-state index contributed by atoms with van der Waals surface area (Å²) in [6.07, 6.45) is 3.29. The summed E-state index contributed by atoms with van der Waals surface area (Å²) < 4.78 is 1.77. The molecule has 1 aromatic heterocycles. The van der Waals surface area contributed by atoms with Crippen LogP contribution in [0.4, 0.5) is 0 Å². The van der Waals surface area contributed by atoms with Crippen molar-refractivity contribution in [1.82, 2.24) is 19.6 Å². The third-order valence-corrected chi connectivity index (χ3v) is 6.72. The van der Waals surface area contributed by atoms with E-state index in [4.69, 9.17) is 0 Å². The van der Waals surface area contributed by atoms with Crippen LogP contribution in [0, 0.1) is 19.3 Å². The highest BCUT2D eigenvalue weighted by Crippen LogP contribution is 2.44. The van der Waals surface area contributed by atoms with Gasteiger partial charge in [0.05, 0.1) is 11.1 Å². The largest absolute Gasteiger partial charge is 0.342 e. The lowest BCUT2D eigenvalue weighted by Gasteiger charge is -2.37. The van der Waals surface area contributed by atoms with Gasteiger partial charge in [-0.1, -0.05) is 30.3 Å². The minimum atomic E-state index is -0.302. The van der Waals surface area contributed by atoms with Crippen molar-refractivity contribution in [3.63, 3.8) is 0 Å². The Morgan fingerprint density at radius 1 is 1.17 bits per heavy atom. The fraction of sp³-hybridized carbons (Fsp3) is 0.522. The van der Waals surface area contributed by atoms with Crippen LogP contribution in [0.1, 0.15) is 36.2 Å². The molecule has 6 nitrogen and oxygen atoms in total. The van der Waals surface area contributed by atoms with E-state index in [-0.39, 0.29) is 29.8 Å². The smallest absolute Gasteiger partial charge is 0.244 e. The predicted molar refractivity (Wildman–Crippen MR) is 111 cm³/mol. The molecule has 1 atom stereocenters. The average molecular weight is 395 g/mol. The van der Waals surface area contributed by atoms with Crippen LogP contribution < -0.4 is 0 Å². The number of carbonyl (C=O) groups excluding carboxylic acids is 2. The zero-order valence-electron chi connectivity index (χ0n) is 17.6. The molecule has 1 unspecified atom stereocenters. The third-order valence-electron chi connectivity index (χ3n) is 6.72. The highest BCUT2D eigenvalue weighted by molar-refractivity contribution is 5.86. The first-order valence-corrected chi connectivity index (χ1v) is 10.5. The molecular weight excluding hydrogens is 364 g/mol. The van der Waals surface area contributed by atoms with E-state index >= 15 is 0 Å². The molecule has 154 valence electrons. The SMILES string of the molecule is Cc1cc(C)n(CC(=O)N2CCC3(CC2)CC(Cc2ccccc2)N(C)C3=O)n1. The first-order chi connectivity index (χ1) is 13.9. The number of amides is 2. The number of likely N-dealkylation sites (N-methyl/N-ethyl adjacent to an activating group) is 1. The first-order valence-electron chi connectivity index (χ1n) is 10.5. The number of carbonyl (C=O) groups is 2. The first kappa shape index (κ1) is 19.7. The average Bonchev–Trinajstić information content (AvgIpc) is 3.14. The number of benzene rings is 1. The molecule has 0 bridgehead atoms. The second kappa shape index (κ2) is 7.65. The van der Waals surface area contributed by atoms with Gasteiger partial charge in [-0.15, -0.1) is 0 Å². The molecule has 29 heavy (non-hydrogen) atoms. The summed E-state index contributed by atoms with van der Waals surface area (Å²) in [4.78, 5) is 29.7.